The summed E-state index contributed by atoms with van der Waals surface area (Å²) in [5, 5.41) is 15.1. The number of phenolic OH excluding ortho intramolecular Hbond substituents is 1. The molecule has 1 aromatic heterocycles. The Hall–Kier alpha value is -1.88. The van der Waals surface area contributed by atoms with Crippen molar-refractivity contribution in [1.29, 1.82) is 0 Å². The van der Waals surface area contributed by atoms with Gasteiger partial charge in [0, 0.05) is 28.6 Å². The lowest BCUT2D eigenvalue weighted by Gasteiger charge is -2.28. The van der Waals surface area contributed by atoms with Crippen LogP contribution in [0.1, 0.15) is 72.3 Å². The van der Waals surface area contributed by atoms with Gasteiger partial charge in [0.25, 0.3) is 0 Å². The molecule has 0 unspecified atom stereocenters. The lowest BCUT2D eigenvalue weighted by atomic mass is 9.78. The van der Waals surface area contributed by atoms with Crippen molar-refractivity contribution in [3.05, 3.63) is 40.9 Å². The molecule has 1 N–H and O–H groups in total. The first-order chi connectivity index (χ1) is 13.8. The van der Waals surface area contributed by atoms with Gasteiger partial charge in [-0.2, -0.15) is 0 Å². The van der Waals surface area contributed by atoms with Gasteiger partial charge in [-0.05, 0) is 42.9 Å². The third-order valence-electron chi connectivity index (χ3n) is 4.59. The highest BCUT2D eigenvalue weighted by molar-refractivity contribution is 7.57. The first-order valence-electron chi connectivity index (χ1n) is 10.2. The fourth-order valence-corrected chi connectivity index (χ4v) is 4.37. The molecule has 0 aliphatic rings. The Morgan fingerprint density at radius 2 is 1.50 bits per heavy atom. The van der Waals surface area contributed by atoms with Crippen LogP contribution >= 0.6 is 7.60 Å². The second-order valence-electron chi connectivity index (χ2n) is 9.23. The average molecular weight is 436 g/mol. The summed E-state index contributed by atoms with van der Waals surface area (Å²) in [6.07, 6.45) is 1.55. The van der Waals surface area contributed by atoms with Gasteiger partial charge in [0.15, 0.2) is 5.76 Å². The minimum atomic E-state index is -3.32. The number of hydrogen-bond donors (Lipinski definition) is 1. The SMILES string of the molecule is CCOP(=O)(/C=C/c1cc(-c2cc(C(C)(C)C)c(O)c(C(C)(C)C)c2)no1)OCC. The van der Waals surface area contributed by atoms with Gasteiger partial charge in [-0.15, -0.1) is 0 Å². The molecule has 0 atom stereocenters. The first-order valence-corrected chi connectivity index (χ1v) is 11.8. The Morgan fingerprint density at radius 1 is 1.00 bits per heavy atom. The fourth-order valence-electron chi connectivity index (χ4n) is 3.08. The maximum atomic E-state index is 12.6. The summed E-state index contributed by atoms with van der Waals surface area (Å²) in [5.74, 6) is 2.14. The van der Waals surface area contributed by atoms with Gasteiger partial charge in [0.2, 0.25) is 0 Å². The normalized spacial score (nSPS) is 13.3. The van der Waals surface area contributed by atoms with E-state index >= 15 is 0 Å². The second kappa shape index (κ2) is 9.09. The second-order valence-corrected chi connectivity index (χ2v) is 11.1. The van der Waals surface area contributed by atoms with E-state index in [0.29, 0.717) is 17.2 Å². The van der Waals surface area contributed by atoms with Gasteiger partial charge in [-0.3, -0.25) is 4.57 Å². The molecule has 0 saturated carbocycles. The third-order valence-corrected chi connectivity index (χ3v) is 6.34. The van der Waals surface area contributed by atoms with Crippen LogP contribution in [0.4, 0.5) is 0 Å². The van der Waals surface area contributed by atoms with Crippen molar-refractivity contribution >= 4 is 13.7 Å². The van der Waals surface area contributed by atoms with E-state index in [9.17, 15) is 9.67 Å². The molecular formula is C23H34NO5P. The Labute approximate surface area is 179 Å². The number of rotatable bonds is 7. The molecule has 0 fully saturated rings. The fraction of sp³-hybridized carbons (Fsp3) is 0.522. The van der Waals surface area contributed by atoms with E-state index in [-0.39, 0.29) is 24.0 Å². The van der Waals surface area contributed by atoms with Crippen LogP contribution < -0.4 is 0 Å². The Morgan fingerprint density at radius 3 is 1.93 bits per heavy atom. The molecular weight excluding hydrogens is 401 g/mol. The van der Waals surface area contributed by atoms with Crippen LogP contribution in [0.5, 0.6) is 5.75 Å². The Bertz CT molecular complexity index is 902. The van der Waals surface area contributed by atoms with Crippen molar-refractivity contribution in [2.75, 3.05) is 13.2 Å². The molecule has 0 bridgehead atoms. The molecule has 0 radical (unpaired) electrons. The molecule has 2 rings (SSSR count). The van der Waals surface area contributed by atoms with Gasteiger partial charge in [0.05, 0.1) is 13.2 Å². The topological polar surface area (TPSA) is 81.8 Å². The van der Waals surface area contributed by atoms with E-state index in [4.69, 9.17) is 13.6 Å². The summed E-state index contributed by atoms with van der Waals surface area (Å²) < 4.78 is 28.5. The molecule has 0 saturated heterocycles. The highest BCUT2D eigenvalue weighted by Crippen LogP contribution is 2.50. The minimum absolute atomic E-state index is 0.242. The zero-order valence-electron chi connectivity index (χ0n) is 19.3. The lowest BCUT2D eigenvalue weighted by molar-refractivity contribution is 0.229. The largest absolute Gasteiger partial charge is 0.507 e. The van der Waals surface area contributed by atoms with Crippen molar-refractivity contribution < 1.29 is 23.2 Å². The average Bonchev–Trinajstić information content (AvgIpc) is 3.08. The van der Waals surface area contributed by atoms with Gasteiger partial charge in [-0.1, -0.05) is 46.7 Å². The summed E-state index contributed by atoms with van der Waals surface area (Å²) in [7, 11) is -3.32. The van der Waals surface area contributed by atoms with Crippen LogP contribution in [0.2, 0.25) is 0 Å². The monoisotopic (exact) mass is 435 g/mol. The van der Waals surface area contributed by atoms with Crippen LogP contribution in [0.15, 0.2) is 28.5 Å². The lowest BCUT2D eigenvalue weighted by Crippen LogP contribution is -2.17. The van der Waals surface area contributed by atoms with E-state index in [0.717, 1.165) is 16.7 Å². The summed E-state index contributed by atoms with van der Waals surface area (Å²) >= 11 is 0. The molecule has 0 aliphatic heterocycles. The molecule has 0 aliphatic carbocycles. The molecule has 166 valence electrons. The summed E-state index contributed by atoms with van der Waals surface area (Å²) in [4.78, 5) is 0. The molecule has 6 nitrogen and oxygen atoms in total. The number of hydrogen-bond acceptors (Lipinski definition) is 6. The van der Waals surface area contributed by atoms with E-state index in [1.54, 1.807) is 26.0 Å². The third kappa shape index (κ3) is 5.84. The number of benzene rings is 1. The first kappa shape index (κ1) is 24.4. The maximum Gasteiger partial charge on any atom is 0.354 e. The van der Waals surface area contributed by atoms with E-state index in [2.05, 4.69) is 46.7 Å². The van der Waals surface area contributed by atoms with E-state index < -0.39 is 7.60 Å². The summed E-state index contributed by atoms with van der Waals surface area (Å²) in [5.41, 5.74) is 2.70. The Kier molecular flexibility index (Phi) is 7.39. The molecule has 0 amide bonds. The molecule has 2 aromatic rings. The molecule has 0 spiro atoms. The van der Waals surface area contributed by atoms with Gasteiger partial charge >= 0.3 is 7.60 Å². The number of aromatic hydroxyl groups is 1. The number of phenols is 1. The van der Waals surface area contributed by atoms with Crippen molar-refractivity contribution in [3.8, 4) is 17.0 Å². The Balaban J connectivity index is 2.48. The quantitative estimate of drug-likeness (QED) is 0.478. The molecule has 1 heterocycles. The van der Waals surface area contributed by atoms with Crippen molar-refractivity contribution in [2.45, 2.75) is 66.2 Å². The van der Waals surface area contributed by atoms with Crippen LogP contribution in [0.25, 0.3) is 17.3 Å². The smallest absolute Gasteiger partial charge is 0.354 e. The zero-order valence-corrected chi connectivity index (χ0v) is 20.2. The summed E-state index contributed by atoms with van der Waals surface area (Å²) in [6.45, 7) is 16.5. The van der Waals surface area contributed by atoms with Gasteiger partial charge in [0.1, 0.15) is 11.4 Å². The van der Waals surface area contributed by atoms with Crippen molar-refractivity contribution in [3.63, 3.8) is 0 Å². The standard InChI is InChI=1S/C23H34NO5P/c1-9-27-30(26,28-10-2)12-11-17-15-20(24-29-17)16-13-18(22(3,4)5)21(25)19(14-16)23(6,7)8/h11-15,25H,9-10H2,1-8H3/b12-11+. The number of nitrogens with zero attached hydrogens (tertiary/aromatic N) is 1. The molecule has 7 heteroatoms. The predicted molar refractivity (Wildman–Crippen MR) is 121 cm³/mol. The number of aromatic nitrogens is 1. The van der Waals surface area contributed by atoms with E-state index in [1.165, 1.54) is 5.82 Å². The van der Waals surface area contributed by atoms with Gasteiger partial charge in [-0.25, -0.2) is 0 Å². The molecule has 1 aromatic carbocycles. The predicted octanol–water partition coefficient (Wildman–Crippen LogP) is 6.88. The molecule has 30 heavy (non-hydrogen) atoms. The zero-order chi connectivity index (χ0) is 22.7. The maximum absolute atomic E-state index is 12.6. The minimum Gasteiger partial charge on any atom is -0.507 e. The van der Waals surface area contributed by atoms with Crippen LogP contribution in [0.3, 0.4) is 0 Å². The summed E-state index contributed by atoms with van der Waals surface area (Å²) in [6, 6.07) is 5.66. The van der Waals surface area contributed by atoms with E-state index in [1.807, 2.05) is 12.1 Å². The van der Waals surface area contributed by atoms with Crippen molar-refractivity contribution in [1.82, 2.24) is 5.16 Å². The van der Waals surface area contributed by atoms with Gasteiger partial charge < -0.3 is 18.7 Å². The van der Waals surface area contributed by atoms with Crippen LogP contribution in [-0.2, 0) is 24.4 Å². The highest BCUT2D eigenvalue weighted by atomic mass is 31.2. The highest BCUT2D eigenvalue weighted by Gasteiger charge is 2.27. The van der Waals surface area contributed by atoms with Crippen LogP contribution in [0, 0.1) is 0 Å². The van der Waals surface area contributed by atoms with Crippen LogP contribution in [-0.4, -0.2) is 23.5 Å². The van der Waals surface area contributed by atoms with Crippen molar-refractivity contribution in [2.24, 2.45) is 0 Å².